The zero-order chi connectivity index (χ0) is 11.6. The maximum atomic E-state index is 11.5. The van der Waals surface area contributed by atoms with Gasteiger partial charge < -0.3 is 4.74 Å². The average Bonchev–Trinajstić information content (AvgIpc) is 1.95. The minimum absolute atomic E-state index is 0.00776. The first kappa shape index (κ1) is 13.2. The van der Waals surface area contributed by atoms with Crippen LogP contribution in [0.3, 0.4) is 0 Å². The fourth-order valence-corrected chi connectivity index (χ4v) is 0.675. The van der Waals surface area contributed by atoms with Crippen LogP contribution in [0.25, 0.3) is 0 Å². The lowest BCUT2D eigenvalue weighted by molar-refractivity contribution is -0.142. The van der Waals surface area contributed by atoms with Gasteiger partial charge >= 0.3 is 5.97 Å². The van der Waals surface area contributed by atoms with Crippen LogP contribution in [0.5, 0.6) is 0 Å². The predicted octanol–water partition coefficient (Wildman–Crippen LogP) is 3.18. The Morgan fingerprint density at radius 1 is 1.14 bits per heavy atom. The maximum Gasteiger partial charge on any atom is 0.333 e. The first-order valence-electron chi connectivity index (χ1n) is 4.90. The summed E-state index contributed by atoms with van der Waals surface area (Å²) in [5, 5.41) is 0. The summed E-state index contributed by atoms with van der Waals surface area (Å²) in [6.07, 6.45) is 0. The highest BCUT2D eigenvalue weighted by atomic mass is 16.5. The molecule has 0 aromatic rings. The van der Waals surface area contributed by atoms with E-state index in [4.69, 9.17) is 4.74 Å². The molecule has 0 aromatic carbocycles. The number of carbonyl (C=O) groups is 1. The first-order chi connectivity index (χ1) is 6.04. The third-order valence-electron chi connectivity index (χ3n) is 1.79. The van der Waals surface area contributed by atoms with Gasteiger partial charge in [0.1, 0.15) is 0 Å². The van der Waals surface area contributed by atoms with E-state index in [0.717, 1.165) is 0 Å². The summed E-state index contributed by atoms with van der Waals surface area (Å²) < 4.78 is 5.16. The number of carbonyl (C=O) groups excluding carboxylic acids is 1. The Morgan fingerprint density at radius 3 is 1.86 bits per heavy atom. The molecule has 0 amide bonds. The molecule has 0 heterocycles. The Hall–Kier alpha value is -0.790. The largest absolute Gasteiger partial charge is 0.462 e. The summed E-state index contributed by atoms with van der Waals surface area (Å²) in [6, 6.07) is 0. The molecule has 0 fully saturated rings. The lowest BCUT2D eigenvalue weighted by atomic mass is 9.87. The van der Waals surface area contributed by atoms with E-state index in [0.29, 0.717) is 12.2 Å². The Bertz CT molecular complexity index is 226. The van der Waals surface area contributed by atoms with E-state index in [-0.39, 0.29) is 16.8 Å². The second-order valence-electron chi connectivity index (χ2n) is 5.87. The van der Waals surface area contributed by atoms with E-state index < -0.39 is 0 Å². The zero-order valence-corrected chi connectivity index (χ0v) is 10.2. The SMILES string of the molecule is C=C(C(=O)OCC(C)(C)C)C(C)(C)C. The van der Waals surface area contributed by atoms with Crippen molar-refractivity contribution in [2.75, 3.05) is 6.61 Å². The summed E-state index contributed by atoms with van der Waals surface area (Å²) in [7, 11) is 0. The third kappa shape index (κ3) is 5.05. The molecular formula is C12H22O2. The highest BCUT2D eigenvalue weighted by Gasteiger charge is 2.24. The van der Waals surface area contributed by atoms with Gasteiger partial charge in [-0.05, 0) is 10.8 Å². The molecule has 0 aliphatic heterocycles. The summed E-state index contributed by atoms with van der Waals surface area (Å²) in [6.45, 7) is 16.1. The van der Waals surface area contributed by atoms with Crippen LogP contribution < -0.4 is 0 Å². The van der Waals surface area contributed by atoms with Crippen LogP contribution in [0.2, 0.25) is 0 Å². The Kier molecular flexibility index (Phi) is 3.92. The van der Waals surface area contributed by atoms with Crippen LogP contribution in [-0.2, 0) is 9.53 Å². The van der Waals surface area contributed by atoms with Crippen molar-refractivity contribution < 1.29 is 9.53 Å². The summed E-state index contributed by atoms with van der Waals surface area (Å²) >= 11 is 0. The van der Waals surface area contributed by atoms with Crippen molar-refractivity contribution in [1.82, 2.24) is 0 Å². The number of hydrogen-bond donors (Lipinski definition) is 0. The van der Waals surface area contributed by atoms with Crippen LogP contribution in [0, 0.1) is 10.8 Å². The standard InChI is InChI=1S/C12H22O2/c1-9(12(5,6)7)10(13)14-8-11(2,3)4/h1,8H2,2-7H3. The summed E-state index contributed by atoms with van der Waals surface area (Å²) in [4.78, 5) is 11.5. The van der Waals surface area contributed by atoms with E-state index >= 15 is 0 Å². The van der Waals surface area contributed by atoms with E-state index in [1.54, 1.807) is 0 Å². The minimum atomic E-state index is -0.285. The number of hydrogen-bond acceptors (Lipinski definition) is 2. The third-order valence-corrected chi connectivity index (χ3v) is 1.79. The van der Waals surface area contributed by atoms with Crippen molar-refractivity contribution in [1.29, 1.82) is 0 Å². The molecule has 0 N–H and O–H groups in total. The van der Waals surface area contributed by atoms with Crippen LogP contribution in [0.4, 0.5) is 0 Å². The van der Waals surface area contributed by atoms with Crippen molar-refractivity contribution in [2.24, 2.45) is 10.8 Å². The fraction of sp³-hybridized carbons (Fsp3) is 0.750. The molecule has 14 heavy (non-hydrogen) atoms. The van der Waals surface area contributed by atoms with Crippen LogP contribution in [0.15, 0.2) is 12.2 Å². The molecule has 0 aromatic heterocycles. The van der Waals surface area contributed by atoms with Gasteiger partial charge in [-0.1, -0.05) is 48.1 Å². The Morgan fingerprint density at radius 2 is 1.57 bits per heavy atom. The molecule has 0 rings (SSSR count). The predicted molar refractivity (Wildman–Crippen MR) is 59.0 cm³/mol. The quantitative estimate of drug-likeness (QED) is 0.503. The van der Waals surface area contributed by atoms with E-state index in [9.17, 15) is 4.79 Å². The Labute approximate surface area is 87.3 Å². The molecule has 0 atom stereocenters. The van der Waals surface area contributed by atoms with Gasteiger partial charge in [0.15, 0.2) is 0 Å². The fourth-order valence-electron chi connectivity index (χ4n) is 0.675. The van der Waals surface area contributed by atoms with Crippen LogP contribution in [-0.4, -0.2) is 12.6 Å². The highest BCUT2D eigenvalue weighted by molar-refractivity contribution is 5.89. The highest BCUT2D eigenvalue weighted by Crippen LogP contribution is 2.25. The van der Waals surface area contributed by atoms with Gasteiger partial charge in [0, 0.05) is 5.57 Å². The van der Waals surface area contributed by atoms with Gasteiger partial charge in [-0.15, -0.1) is 0 Å². The van der Waals surface area contributed by atoms with Crippen LogP contribution >= 0.6 is 0 Å². The van der Waals surface area contributed by atoms with E-state index in [2.05, 4.69) is 6.58 Å². The first-order valence-corrected chi connectivity index (χ1v) is 4.90. The van der Waals surface area contributed by atoms with E-state index in [1.165, 1.54) is 0 Å². The van der Waals surface area contributed by atoms with Crippen molar-refractivity contribution in [3.63, 3.8) is 0 Å². The Balaban J connectivity index is 4.19. The second-order valence-corrected chi connectivity index (χ2v) is 5.87. The zero-order valence-electron chi connectivity index (χ0n) is 10.2. The molecule has 0 aliphatic rings. The molecule has 2 nitrogen and oxygen atoms in total. The average molecular weight is 198 g/mol. The maximum absolute atomic E-state index is 11.5. The molecule has 0 bridgehead atoms. The molecule has 82 valence electrons. The topological polar surface area (TPSA) is 26.3 Å². The monoisotopic (exact) mass is 198 g/mol. The number of ether oxygens (including phenoxy) is 1. The van der Waals surface area contributed by atoms with Gasteiger partial charge in [0.05, 0.1) is 6.61 Å². The van der Waals surface area contributed by atoms with E-state index in [1.807, 2.05) is 41.5 Å². The van der Waals surface area contributed by atoms with Crippen molar-refractivity contribution in [3.05, 3.63) is 12.2 Å². The van der Waals surface area contributed by atoms with Gasteiger partial charge in [-0.25, -0.2) is 4.79 Å². The smallest absolute Gasteiger partial charge is 0.333 e. The van der Waals surface area contributed by atoms with Crippen molar-refractivity contribution in [2.45, 2.75) is 41.5 Å². The van der Waals surface area contributed by atoms with Gasteiger partial charge in [0.25, 0.3) is 0 Å². The van der Waals surface area contributed by atoms with Crippen molar-refractivity contribution in [3.8, 4) is 0 Å². The number of rotatable bonds is 2. The van der Waals surface area contributed by atoms with Gasteiger partial charge in [0.2, 0.25) is 0 Å². The lowest BCUT2D eigenvalue weighted by Gasteiger charge is -2.23. The molecule has 0 spiro atoms. The summed E-state index contributed by atoms with van der Waals surface area (Å²) in [5.74, 6) is -0.285. The van der Waals surface area contributed by atoms with Gasteiger partial charge in [-0.3, -0.25) is 0 Å². The van der Waals surface area contributed by atoms with Gasteiger partial charge in [-0.2, -0.15) is 0 Å². The molecule has 0 saturated carbocycles. The van der Waals surface area contributed by atoms with Crippen molar-refractivity contribution >= 4 is 5.97 Å². The second kappa shape index (κ2) is 4.16. The molecular weight excluding hydrogens is 176 g/mol. The minimum Gasteiger partial charge on any atom is -0.462 e. The molecule has 0 unspecified atom stereocenters. The van der Waals surface area contributed by atoms with Crippen LogP contribution in [0.1, 0.15) is 41.5 Å². The number of esters is 1. The molecule has 0 radical (unpaired) electrons. The molecule has 0 aliphatic carbocycles. The lowest BCUT2D eigenvalue weighted by Crippen LogP contribution is -2.23. The molecule has 2 heteroatoms. The normalized spacial score (nSPS) is 12.4. The molecule has 0 saturated heterocycles. The summed E-state index contributed by atoms with van der Waals surface area (Å²) in [5.41, 5.74) is 0.324.